The van der Waals surface area contributed by atoms with Crippen molar-refractivity contribution in [2.45, 2.75) is 64.3 Å². The molecule has 2 aliphatic carbocycles. The molecule has 0 saturated carbocycles. The van der Waals surface area contributed by atoms with Gasteiger partial charge in [0.05, 0.1) is 12.2 Å². The highest BCUT2D eigenvalue weighted by Gasteiger charge is 2.25. The molecule has 1 amide bonds. The Morgan fingerprint density at radius 2 is 1.67 bits per heavy atom. The van der Waals surface area contributed by atoms with Gasteiger partial charge >= 0.3 is 0 Å². The van der Waals surface area contributed by atoms with Crippen molar-refractivity contribution in [2.24, 2.45) is 0 Å². The predicted molar refractivity (Wildman–Crippen MR) is 109 cm³/mol. The Kier molecular flexibility index (Phi) is 5.53. The lowest BCUT2D eigenvalue weighted by Crippen LogP contribution is -2.36. The minimum absolute atomic E-state index is 0.0583. The van der Waals surface area contributed by atoms with Crippen molar-refractivity contribution in [3.8, 4) is 0 Å². The van der Waals surface area contributed by atoms with E-state index in [0.29, 0.717) is 6.54 Å². The summed E-state index contributed by atoms with van der Waals surface area (Å²) in [5, 5.41) is 6.62. The number of benzene rings is 1. The van der Waals surface area contributed by atoms with Gasteiger partial charge in [0.1, 0.15) is 0 Å². The summed E-state index contributed by atoms with van der Waals surface area (Å²) in [6.45, 7) is 2.48. The molecule has 0 aliphatic heterocycles. The number of hydrogen-bond acceptors (Lipinski definition) is 3. The van der Waals surface area contributed by atoms with Crippen molar-refractivity contribution in [1.82, 2.24) is 10.3 Å². The second-order valence-electron chi connectivity index (χ2n) is 7.92. The van der Waals surface area contributed by atoms with E-state index in [1.807, 2.05) is 6.07 Å². The van der Waals surface area contributed by atoms with Crippen LogP contribution in [0.3, 0.4) is 0 Å². The highest BCUT2D eigenvalue weighted by Crippen LogP contribution is 2.35. The number of fused-ring (bicyclic) bond motifs is 2. The van der Waals surface area contributed by atoms with Gasteiger partial charge in [0.25, 0.3) is 0 Å². The minimum atomic E-state index is 0.0583. The van der Waals surface area contributed by atoms with Gasteiger partial charge in [-0.15, -0.1) is 0 Å². The zero-order valence-corrected chi connectivity index (χ0v) is 16.2. The highest BCUT2D eigenvalue weighted by molar-refractivity contribution is 5.94. The van der Waals surface area contributed by atoms with E-state index in [4.69, 9.17) is 4.98 Å². The van der Waals surface area contributed by atoms with Gasteiger partial charge in [-0.25, -0.2) is 0 Å². The largest absolute Gasteiger partial charge is 0.324 e. The van der Waals surface area contributed by atoms with Crippen molar-refractivity contribution in [2.75, 3.05) is 11.9 Å². The van der Waals surface area contributed by atoms with E-state index in [1.165, 1.54) is 40.9 Å². The van der Waals surface area contributed by atoms with Crippen molar-refractivity contribution < 1.29 is 4.79 Å². The predicted octanol–water partition coefficient (Wildman–Crippen LogP) is 3.61. The zero-order chi connectivity index (χ0) is 18.6. The van der Waals surface area contributed by atoms with E-state index in [-0.39, 0.29) is 11.9 Å². The SMILES string of the molecule is C[C@H](Cc1ccccc1)NCC(=O)Nc1c2c(nc3c1CCC3)CCCC2. The molecule has 2 N–H and O–H groups in total. The molecule has 2 aromatic rings. The maximum absolute atomic E-state index is 12.7. The lowest BCUT2D eigenvalue weighted by atomic mass is 9.92. The summed E-state index contributed by atoms with van der Waals surface area (Å²) in [6.07, 6.45) is 8.68. The van der Waals surface area contributed by atoms with Crippen LogP contribution in [0.2, 0.25) is 0 Å². The van der Waals surface area contributed by atoms with Crippen molar-refractivity contribution in [3.63, 3.8) is 0 Å². The van der Waals surface area contributed by atoms with E-state index in [9.17, 15) is 4.79 Å². The number of aryl methyl sites for hydroxylation is 2. The van der Waals surface area contributed by atoms with Gasteiger partial charge in [-0.3, -0.25) is 9.78 Å². The molecule has 4 rings (SSSR count). The molecule has 4 nitrogen and oxygen atoms in total. The number of amides is 1. The molecule has 0 bridgehead atoms. The fourth-order valence-corrected chi connectivity index (χ4v) is 4.39. The summed E-state index contributed by atoms with van der Waals surface area (Å²) >= 11 is 0. The van der Waals surface area contributed by atoms with Crippen molar-refractivity contribution in [1.29, 1.82) is 0 Å². The summed E-state index contributed by atoms with van der Waals surface area (Å²) < 4.78 is 0. The average molecular weight is 364 g/mol. The van der Waals surface area contributed by atoms with E-state index in [2.05, 4.69) is 41.8 Å². The first-order chi connectivity index (χ1) is 13.2. The number of nitrogens with one attached hydrogen (secondary N) is 2. The highest BCUT2D eigenvalue weighted by atomic mass is 16.1. The zero-order valence-electron chi connectivity index (χ0n) is 16.2. The number of carbonyl (C=O) groups excluding carboxylic acids is 1. The molecular formula is C23H29N3O. The first-order valence-electron chi connectivity index (χ1n) is 10.3. The van der Waals surface area contributed by atoms with Crippen LogP contribution in [0.25, 0.3) is 0 Å². The summed E-state index contributed by atoms with van der Waals surface area (Å²) in [7, 11) is 0. The topological polar surface area (TPSA) is 54.0 Å². The minimum Gasteiger partial charge on any atom is -0.324 e. The van der Waals surface area contributed by atoms with Crippen LogP contribution in [-0.4, -0.2) is 23.5 Å². The number of aromatic nitrogens is 1. The van der Waals surface area contributed by atoms with E-state index >= 15 is 0 Å². The van der Waals surface area contributed by atoms with Crippen LogP contribution >= 0.6 is 0 Å². The first-order valence-corrected chi connectivity index (χ1v) is 10.3. The first kappa shape index (κ1) is 18.2. The molecule has 0 radical (unpaired) electrons. The third-order valence-electron chi connectivity index (χ3n) is 5.76. The fourth-order valence-electron chi connectivity index (χ4n) is 4.39. The Bertz CT molecular complexity index is 816. The third kappa shape index (κ3) is 4.22. The lowest BCUT2D eigenvalue weighted by Gasteiger charge is -2.22. The average Bonchev–Trinajstić information content (AvgIpc) is 3.15. The van der Waals surface area contributed by atoms with Crippen LogP contribution in [-0.2, 0) is 36.9 Å². The van der Waals surface area contributed by atoms with Crippen LogP contribution in [0.1, 0.15) is 54.3 Å². The molecule has 2 aliphatic rings. The molecule has 142 valence electrons. The number of nitrogens with zero attached hydrogens (tertiary/aromatic N) is 1. The fraction of sp³-hybridized carbons (Fsp3) is 0.478. The van der Waals surface area contributed by atoms with E-state index < -0.39 is 0 Å². The van der Waals surface area contributed by atoms with Crippen molar-refractivity contribution >= 4 is 11.6 Å². The van der Waals surface area contributed by atoms with Crippen LogP contribution in [0, 0.1) is 0 Å². The van der Waals surface area contributed by atoms with Crippen LogP contribution in [0.5, 0.6) is 0 Å². The smallest absolute Gasteiger partial charge is 0.238 e. The number of anilines is 1. The Balaban J connectivity index is 1.40. The molecule has 0 fully saturated rings. The number of pyridine rings is 1. The van der Waals surface area contributed by atoms with Gasteiger partial charge in [-0.1, -0.05) is 30.3 Å². The Morgan fingerprint density at radius 1 is 1.00 bits per heavy atom. The monoisotopic (exact) mass is 363 g/mol. The van der Waals surface area contributed by atoms with Crippen LogP contribution in [0.4, 0.5) is 5.69 Å². The molecule has 1 atom stereocenters. The molecule has 0 spiro atoms. The van der Waals surface area contributed by atoms with Crippen LogP contribution < -0.4 is 10.6 Å². The quantitative estimate of drug-likeness (QED) is 0.824. The van der Waals surface area contributed by atoms with Gasteiger partial charge < -0.3 is 10.6 Å². The molecule has 27 heavy (non-hydrogen) atoms. The molecule has 0 unspecified atom stereocenters. The molecule has 1 heterocycles. The number of carbonyl (C=O) groups is 1. The normalized spacial score (nSPS) is 16.5. The van der Waals surface area contributed by atoms with Gasteiger partial charge in [-0.05, 0) is 75.0 Å². The van der Waals surface area contributed by atoms with Gasteiger partial charge in [0.15, 0.2) is 0 Å². The van der Waals surface area contributed by atoms with E-state index in [1.54, 1.807) is 0 Å². The molecule has 4 heteroatoms. The third-order valence-corrected chi connectivity index (χ3v) is 5.76. The Hall–Kier alpha value is -2.20. The molecule has 1 aromatic carbocycles. The molecule has 1 aromatic heterocycles. The summed E-state index contributed by atoms with van der Waals surface area (Å²) in [4.78, 5) is 17.6. The Labute approximate surface area is 161 Å². The summed E-state index contributed by atoms with van der Waals surface area (Å²) in [6, 6.07) is 10.7. The van der Waals surface area contributed by atoms with Gasteiger partial charge in [-0.2, -0.15) is 0 Å². The maximum atomic E-state index is 12.7. The maximum Gasteiger partial charge on any atom is 0.238 e. The second kappa shape index (κ2) is 8.22. The van der Waals surface area contributed by atoms with Gasteiger partial charge in [0.2, 0.25) is 5.91 Å². The van der Waals surface area contributed by atoms with Crippen molar-refractivity contribution in [3.05, 3.63) is 58.4 Å². The standard InChI is InChI=1S/C23H29N3O/c1-16(14-17-8-3-2-4-9-17)24-15-22(27)26-23-18-10-5-6-12-20(18)25-21-13-7-11-19(21)23/h2-4,8-9,16,24H,5-7,10-15H2,1H3,(H,25,26,27)/t16-/m1/s1. The number of rotatable bonds is 6. The van der Waals surface area contributed by atoms with Crippen LogP contribution in [0.15, 0.2) is 30.3 Å². The lowest BCUT2D eigenvalue weighted by molar-refractivity contribution is -0.115. The second-order valence-corrected chi connectivity index (χ2v) is 7.92. The number of hydrogen-bond donors (Lipinski definition) is 2. The summed E-state index contributed by atoms with van der Waals surface area (Å²) in [5.74, 6) is 0.0583. The van der Waals surface area contributed by atoms with E-state index in [0.717, 1.165) is 44.2 Å². The Morgan fingerprint density at radius 3 is 2.44 bits per heavy atom. The molecular weight excluding hydrogens is 334 g/mol. The summed E-state index contributed by atoms with van der Waals surface area (Å²) in [5.41, 5.74) is 7.42. The van der Waals surface area contributed by atoms with Gasteiger partial charge in [0, 0.05) is 17.4 Å². The molecule has 0 saturated heterocycles.